The van der Waals surface area contributed by atoms with Crippen molar-refractivity contribution in [1.82, 2.24) is 0 Å². The van der Waals surface area contributed by atoms with Crippen LogP contribution in [0.4, 0.5) is 0 Å². The molecule has 0 bridgehead atoms. The molecule has 0 radical (unpaired) electrons. The number of hydrogen-bond donors (Lipinski definition) is 2. The van der Waals surface area contributed by atoms with Crippen LogP contribution < -0.4 is 0 Å². The van der Waals surface area contributed by atoms with E-state index in [0.29, 0.717) is 6.42 Å². The summed E-state index contributed by atoms with van der Waals surface area (Å²) in [6, 6.07) is 7.70. The number of rotatable bonds is 3. The first-order valence-corrected chi connectivity index (χ1v) is 4.52. The van der Waals surface area contributed by atoms with Gasteiger partial charge in [0.05, 0.1) is 12.2 Å². The largest absolute Gasteiger partial charge is 0.393 e. The van der Waals surface area contributed by atoms with E-state index < -0.39 is 12.2 Å². The minimum atomic E-state index is -0.555. The van der Waals surface area contributed by atoms with Crippen LogP contribution in [-0.4, -0.2) is 16.3 Å². The second kappa shape index (κ2) is 4.40. The van der Waals surface area contributed by atoms with Crippen molar-refractivity contribution in [1.29, 1.82) is 0 Å². The molecule has 0 aliphatic carbocycles. The van der Waals surface area contributed by atoms with Crippen LogP contribution >= 0.6 is 0 Å². The molecule has 1 aromatic rings. The highest BCUT2D eigenvalue weighted by Crippen LogP contribution is 2.18. The van der Waals surface area contributed by atoms with Crippen LogP contribution in [0.2, 0.25) is 0 Å². The molecule has 2 N–H and O–H groups in total. The van der Waals surface area contributed by atoms with E-state index in [1.165, 1.54) is 5.56 Å². The first-order valence-electron chi connectivity index (χ1n) is 4.52. The van der Waals surface area contributed by atoms with Gasteiger partial charge in [-0.15, -0.1) is 0 Å². The molecule has 13 heavy (non-hydrogen) atoms. The molecule has 1 rings (SSSR count). The van der Waals surface area contributed by atoms with E-state index >= 15 is 0 Å². The number of aryl methyl sites for hydroxylation is 1. The molecular formula is C11H16O2. The molecule has 0 spiro atoms. The van der Waals surface area contributed by atoms with E-state index in [-0.39, 0.29) is 0 Å². The lowest BCUT2D eigenvalue weighted by Gasteiger charge is -2.12. The lowest BCUT2D eigenvalue weighted by molar-refractivity contribution is 0.0907. The molecule has 0 fully saturated rings. The van der Waals surface area contributed by atoms with Gasteiger partial charge < -0.3 is 10.2 Å². The molecule has 2 nitrogen and oxygen atoms in total. The molecule has 0 heterocycles. The van der Waals surface area contributed by atoms with Gasteiger partial charge in [-0.3, -0.25) is 0 Å². The van der Waals surface area contributed by atoms with Crippen molar-refractivity contribution < 1.29 is 10.2 Å². The maximum Gasteiger partial charge on any atom is 0.0814 e. The number of hydrogen-bond acceptors (Lipinski definition) is 2. The fourth-order valence-electron chi connectivity index (χ4n) is 1.25. The van der Waals surface area contributed by atoms with E-state index in [4.69, 9.17) is 5.11 Å². The lowest BCUT2D eigenvalue weighted by Crippen LogP contribution is -2.07. The van der Waals surface area contributed by atoms with Crippen LogP contribution in [0.25, 0.3) is 0 Å². The topological polar surface area (TPSA) is 40.5 Å². The monoisotopic (exact) mass is 180 g/mol. The summed E-state index contributed by atoms with van der Waals surface area (Å²) in [4.78, 5) is 0. The fourth-order valence-corrected chi connectivity index (χ4v) is 1.25. The van der Waals surface area contributed by atoms with Gasteiger partial charge in [0.2, 0.25) is 0 Å². The minimum Gasteiger partial charge on any atom is -0.393 e. The predicted molar refractivity (Wildman–Crippen MR) is 52.4 cm³/mol. The van der Waals surface area contributed by atoms with Crippen LogP contribution in [0.1, 0.15) is 30.6 Å². The molecule has 0 saturated carbocycles. The molecule has 0 amide bonds. The van der Waals surface area contributed by atoms with Gasteiger partial charge >= 0.3 is 0 Å². The van der Waals surface area contributed by atoms with Gasteiger partial charge in [-0.25, -0.2) is 0 Å². The molecule has 0 unspecified atom stereocenters. The van der Waals surface area contributed by atoms with Crippen molar-refractivity contribution in [2.45, 2.75) is 32.5 Å². The van der Waals surface area contributed by atoms with E-state index in [9.17, 15) is 5.11 Å². The summed E-state index contributed by atoms with van der Waals surface area (Å²) in [5, 5.41) is 18.7. The molecule has 0 aliphatic rings. The third-order valence-corrected chi connectivity index (χ3v) is 2.03. The highest BCUT2D eigenvalue weighted by Gasteiger charge is 2.09. The van der Waals surface area contributed by atoms with Gasteiger partial charge in [0.15, 0.2) is 0 Å². The van der Waals surface area contributed by atoms with E-state index in [1.807, 2.05) is 31.2 Å². The van der Waals surface area contributed by atoms with Gasteiger partial charge in [-0.2, -0.15) is 0 Å². The van der Waals surface area contributed by atoms with Gasteiger partial charge in [-0.05, 0) is 19.4 Å². The first-order chi connectivity index (χ1) is 6.09. The van der Waals surface area contributed by atoms with E-state index in [1.54, 1.807) is 6.92 Å². The molecule has 0 aliphatic heterocycles. The van der Waals surface area contributed by atoms with Gasteiger partial charge in [0, 0.05) is 6.42 Å². The Labute approximate surface area is 78.8 Å². The summed E-state index contributed by atoms with van der Waals surface area (Å²) in [5.41, 5.74) is 2.04. The Morgan fingerprint density at radius 2 is 1.69 bits per heavy atom. The average Bonchev–Trinajstić information content (AvgIpc) is 2.04. The number of benzene rings is 1. The Balaban J connectivity index is 2.66. The van der Waals surface area contributed by atoms with Crippen molar-refractivity contribution in [2.75, 3.05) is 0 Å². The molecule has 0 aromatic heterocycles. The lowest BCUT2D eigenvalue weighted by atomic mass is 10.0. The Kier molecular flexibility index (Phi) is 3.46. The van der Waals surface area contributed by atoms with Crippen molar-refractivity contribution in [3.05, 3.63) is 35.4 Å². The Morgan fingerprint density at radius 3 is 2.15 bits per heavy atom. The van der Waals surface area contributed by atoms with E-state index in [0.717, 1.165) is 5.56 Å². The first kappa shape index (κ1) is 10.2. The zero-order valence-electron chi connectivity index (χ0n) is 8.07. The van der Waals surface area contributed by atoms with Crippen LogP contribution in [0, 0.1) is 6.92 Å². The van der Waals surface area contributed by atoms with Crippen LogP contribution in [-0.2, 0) is 0 Å². The second-order valence-electron chi connectivity index (χ2n) is 3.51. The van der Waals surface area contributed by atoms with E-state index in [2.05, 4.69) is 0 Å². The molecule has 0 saturated heterocycles. The quantitative estimate of drug-likeness (QED) is 0.744. The van der Waals surface area contributed by atoms with Crippen molar-refractivity contribution >= 4 is 0 Å². The maximum absolute atomic E-state index is 9.62. The van der Waals surface area contributed by atoms with Crippen LogP contribution in [0.15, 0.2) is 24.3 Å². The van der Waals surface area contributed by atoms with Crippen molar-refractivity contribution in [3.8, 4) is 0 Å². The zero-order valence-corrected chi connectivity index (χ0v) is 8.07. The SMILES string of the molecule is Cc1ccc([C@H](O)C[C@@H](C)O)cc1. The summed E-state index contributed by atoms with van der Waals surface area (Å²) in [5.74, 6) is 0. The second-order valence-corrected chi connectivity index (χ2v) is 3.51. The van der Waals surface area contributed by atoms with Gasteiger partial charge in [0.1, 0.15) is 0 Å². The third kappa shape index (κ3) is 3.17. The van der Waals surface area contributed by atoms with Crippen molar-refractivity contribution in [2.24, 2.45) is 0 Å². The summed E-state index contributed by atoms with van der Waals surface area (Å²) in [6.45, 7) is 3.68. The van der Waals surface area contributed by atoms with Crippen LogP contribution in [0.3, 0.4) is 0 Å². The Hall–Kier alpha value is -0.860. The molecule has 72 valence electrons. The zero-order chi connectivity index (χ0) is 9.84. The average molecular weight is 180 g/mol. The third-order valence-electron chi connectivity index (χ3n) is 2.03. The maximum atomic E-state index is 9.62. The molecular weight excluding hydrogens is 164 g/mol. The Morgan fingerprint density at radius 1 is 1.15 bits per heavy atom. The Bertz CT molecular complexity index is 251. The molecule has 2 heteroatoms. The molecule has 2 atom stereocenters. The highest BCUT2D eigenvalue weighted by atomic mass is 16.3. The smallest absolute Gasteiger partial charge is 0.0814 e. The van der Waals surface area contributed by atoms with Crippen LogP contribution in [0.5, 0.6) is 0 Å². The summed E-state index contributed by atoms with van der Waals surface area (Å²) < 4.78 is 0. The van der Waals surface area contributed by atoms with Crippen molar-refractivity contribution in [3.63, 3.8) is 0 Å². The van der Waals surface area contributed by atoms with Gasteiger partial charge in [0.25, 0.3) is 0 Å². The molecule has 1 aromatic carbocycles. The number of aliphatic hydroxyl groups is 2. The number of aliphatic hydroxyl groups excluding tert-OH is 2. The summed E-state index contributed by atoms with van der Waals surface area (Å²) in [7, 11) is 0. The fraction of sp³-hybridized carbons (Fsp3) is 0.455. The normalized spacial score (nSPS) is 15.4. The predicted octanol–water partition coefficient (Wildman–Crippen LogP) is 1.80. The highest BCUT2D eigenvalue weighted by molar-refractivity contribution is 5.23. The summed E-state index contributed by atoms with van der Waals surface area (Å²) >= 11 is 0. The summed E-state index contributed by atoms with van der Waals surface area (Å²) in [6.07, 6.45) is -0.625. The minimum absolute atomic E-state index is 0.392. The standard InChI is InChI=1S/C11H16O2/c1-8-3-5-10(6-4-8)11(13)7-9(2)12/h3-6,9,11-13H,7H2,1-2H3/t9-,11-/m1/s1. The van der Waals surface area contributed by atoms with Gasteiger partial charge in [-0.1, -0.05) is 29.8 Å².